The summed E-state index contributed by atoms with van der Waals surface area (Å²) in [7, 11) is 1.63. The zero-order chi connectivity index (χ0) is 15.1. The number of aromatic carboxylic acids is 1. The van der Waals surface area contributed by atoms with Crippen LogP contribution in [0.4, 0.5) is 5.00 Å². The number of hydrogen-bond acceptors (Lipinski definition) is 6. The van der Waals surface area contributed by atoms with Gasteiger partial charge in [0.05, 0.1) is 23.8 Å². The molecule has 8 heteroatoms. The molecule has 21 heavy (non-hydrogen) atoms. The first kappa shape index (κ1) is 13.8. The van der Waals surface area contributed by atoms with Crippen LogP contribution < -0.4 is 10.5 Å². The fraction of sp³-hybridized carbons (Fsp3) is 0.308. The zero-order valence-electron chi connectivity index (χ0n) is 11.0. The molecule has 0 radical (unpaired) electrons. The van der Waals surface area contributed by atoms with Crippen molar-refractivity contribution in [3.8, 4) is 0 Å². The summed E-state index contributed by atoms with van der Waals surface area (Å²) in [5, 5.41) is 9.50. The summed E-state index contributed by atoms with van der Waals surface area (Å²) in [6.45, 7) is 0.818. The van der Waals surface area contributed by atoms with E-state index >= 15 is 0 Å². The van der Waals surface area contributed by atoms with Gasteiger partial charge in [-0.1, -0.05) is 0 Å². The van der Waals surface area contributed by atoms with Crippen LogP contribution in [0, 0.1) is 5.92 Å². The van der Waals surface area contributed by atoms with E-state index in [2.05, 4.69) is 0 Å². The lowest BCUT2D eigenvalue weighted by Gasteiger charge is -2.28. The average Bonchev–Trinajstić information content (AvgIpc) is 2.76. The van der Waals surface area contributed by atoms with Crippen molar-refractivity contribution >= 4 is 38.5 Å². The fourth-order valence-corrected chi connectivity index (χ4v) is 2.97. The molecule has 1 amide bonds. The van der Waals surface area contributed by atoms with Gasteiger partial charge in [0, 0.05) is 13.1 Å². The van der Waals surface area contributed by atoms with E-state index in [4.69, 9.17) is 14.3 Å². The number of carboxylic acid groups (broad SMARTS) is 1. The van der Waals surface area contributed by atoms with Gasteiger partial charge in [0.2, 0.25) is 5.91 Å². The maximum atomic E-state index is 12.1. The van der Waals surface area contributed by atoms with Gasteiger partial charge in [-0.3, -0.25) is 4.79 Å². The third-order valence-electron chi connectivity index (χ3n) is 3.29. The van der Waals surface area contributed by atoms with Crippen LogP contribution in [0.3, 0.4) is 0 Å². The Morgan fingerprint density at radius 1 is 1.38 bits per heavy atom. The summed E-state index contributed by atoms with van der Waals surface area (Å²) in [6, 6.07) is 2.83. The maximum Gasteiger partial charge on any atom is 0.351 e. The Bertz CT molecular complexity index is 788. The van der Waals surface area contributed by atoms with Gasteiger partial charge >= 0.3 is 11.6 Å². The van der Waals surface area contributed by atoms with Crippen LogP contribution in [0.15, 0.2) is 21.3 Å². The van der Waals surface area contributed by atoms with Crippen LogP contribution >= 0.6 is 11.3 Å². The molecule has 2 aromatic rings. The van der Waals surface area contributed by atoms with Crippen LogP contribution in [0.1, 0.15) is 10.4 Å². The van der Waals surface area contributed by atoms with Crippen molar-refractivity contribution in [1.82, 2.24) is 0 Å². The third-order valence-corrected chi connectivity index (χ3v) is 4.43. The Hall–Kier alpha value is -2.19. The van der Waals surface area contributed by atoms with Crippen molar-refractivity contribution in [2.45, 2.75) is 0 Å². The minimum atomic E-state index is -1.34. The van der Waals surface area contributed by atoms with Gasteiger partial charge in [-0.25, -0.2) is 9.59 Å². The first-order chi connectivity index (χ1) is 9.97. The average molecular weight is 309 g/mol. The number of thiophene rings is 1. The van der Waals surface area contributed by atoms with Crippen molar-refractivity contribution in [3.05, 3.63) is 28.1 Å². The zero-order valence-corrected chi connectivity index (χ0v) is 11.8. The molecule has 7 nitrogen and oxygen atoms in total. The molecule has 0 aliphatic carbocycles. The number of amides is 1. The molecule has 0 unspecified atom stereocenters. The summed E-state index contributed by atoms with van der Waals surface area (Å²) in [5.41, 5.74) is -1.05. The summed E-state index contributed by atoms with van der Waals surface area (Å²) >= 11 is 1.19. The Morgan fingerprint density at radius 3 is 2.67 bits per heavy atom. The fourth-order valence-electron chi connectivity index (χ4n) is 1.98. The lowest BCUT2D eigenvalue weighted by molar-refractivity contribution is -0.135. The molecule has 0 bridgehead atoms. The van der Waals surface area contributed by atoms with E-state index < -0.39 is 17.2 Å². The van der Waals surface area contributed by atoms with E-state index in [1.54, 1.807) is 13.1 Å². The van der Waals surface area contributed by atoms with Crippen LogP contribution in [0.5, 0.6) is 0 Å². The second kappa shape index (κ2) is 4.97. The van der Waals surface area contributed by atoms with Gasteiger partial charge < -0.3 is 19.2 Å². The molecule has 1 aliphatic rings. The highest BCUT2D eigenvalue weighted by molar-refractivity contribution is 7.22. The largest absolute Gasteiger partial charge is 0.477 e. The number of ether oxygens (including phenoxy) is 1. The molecule has 110 valence electrons. The minimum Gasteiger partial charge on any atom is -0.477 e. The van der Waals surface area contributed by atoms with E-state index in [0.717, 1.165) is 0 Å². The predicted octanol–water partition coefficient (Wildman–Crippen LogP) is 1.16. The molecular formula is C13H11NO6S. The monoisotopic (exact) mass is 309 g/mol. The SMILES string of the molecule is CN(C(=O)C1COC1)c1cc2oc(=O)c(C(=O)O)cc2s1. The second-order valence-electron chi connectivity index (χ2n) is 4.70. The molecule has 3 heterocycles. The van der Waals surface area contributed by atoms with Crippen LogP contribution in [0.25, 0.3) is 10.3 Å². The molecule has 1 aliphatic heterocycles. The third kappa shape index (κ3) is 2.32. The highest BCUT2D eigenvalue weighted by Gasteiger charge is 2.30. The smallest absolute Gasteiger partial charge is 0.351 e. The molecule has 0 atom stereocenters. The van der Waals surface area contributed by atoms with Crippen molar-refractivity contribution in [2.75, 3.05) is 25.2 Å². The summed E-state index contributed by atoms with van der Waals surface area (Å²) in [6.07, 6.45) is 0. The molecule has 0 saturated carbocycles. The van der Waals surface area contributed by atoms with Gasteiger partial charge in [-0.05, 0) is 6.07 Å². The van der Waals surface area contributed by atoms with Gasteiger partial charge in [-0.15, -0.1) is 11.3 Å². The Morgan fingerprint density at radius 2 is 2.10 bits per heavy atom. The van der Waals surface area contributed by atoms with Crippen molar-refractivity contribution in [3.63, 3.8) is 0 Å². The molecule has 1 fully saturated rings. The van der Waals surface area contributed by atoms with Gasteiger partial charge in [0.1, 0.15) is 10.6 Å². The van der Waals surface area contributed by atoms with Crippen molar-refractivity contribution < 1.29 is 23.8 Å². The standard InChI is InChI=1S/C13H11NO6S/c1-14(11(15)6-4-19-5-6)10-3-8-9(21-10)2-7(12(16)17)13(18)20-8/h2-3,6H,4-5H2,1H3,(H,16,17). The van der Waals surface area contributed by atoms with Gasteiger partial charge in [0.15, 0.2) is 5.58 Å². The van der Waals surface area contributed by atoms with Crippen LogP contribution in [-0.4, -0.2) is 37.2 Å². The molecule has 2 aromatic heterocycles. The Balaban J connectivity index is 1.98. The number of fused-ring (bicyclic) bond motifs is 1. The quantitative estimate of drug-likeness (QED) is 0.914. The number of anilines is 1. The van der Waals surface area contributed by atoms with Gasteiger partial charge in [0.25, 0.3) is 0 Å². The normalized spacial score (nSPS) is 14.9. The van der Waals surface area contributed by atoms with Crippen LogP contribution in [0.2, 0.25) is 0 Å². The summed E-state index contributed by atoms with van der Waals surface area (Å²) < 4.78 is 10.5. The minimum absolute atomic E-state index is 0.0754. The number of rotatable bonds is 3. The Labute approximate surface area is 122 Å². The maximum absolute atomic E-state index is 12.1. The summed E-state index contributed by atoms with van der Waals surface area (Å²) in [5.74, 6) is -1.56. The number of nitrogens with zero attached hydrogens (tertiary/aromatic N) is 1. The molecule has 3 rings (SSSR count). The number of carbonyl (C=O) groups excluding carboxylic acids is 1. The van der Waals surface area contributed by atoms with Crippen molar-refractivity contribution in [1.29, 1.82) is 0 Å². The van der Waals surface area contributed by atoms with Gasteiger partial charge in [-0.2, -0.15) is 0 Å². The van der Waals surface area contributed by atoms with E-state index in [9.17, 15) is 14.4 Å². The molecule has 0 spiro atoms. The van der Waals surface area contributed by atoms with E-state index in [1.807, 2.05) is 0 Å². The summed E-state index contributed by atoms with van der Waals surface area (Å²) in [4.78, 5) is 36.0. The molecular weight excluding hydrogens is 298 g/mol. The van der Waals surface area contributed by atoms with E-state index in [1.165, 1.54) is 22.3 Å². The second-order valence-corrected chi connectivity index (χ2v) is 5.76. The molecule has 1 saturated heterocycles. The van der Waals surface area contributed by atoms with E-state index in [-0.39, 0.29) is 17.4 Å². The van der Waals surface area contributed by atoms with Crippen LogP contribution in [-0.2, 0) is 9.53 Å². The topological polar surface area (TPSA) is 97.1 Å². The molecule has 0 aromatic carbocycles. The lowest BCUT2D eigenvalue weighted by Crippen LogP contribution is -2.43. The lowest BCUT2D eigenvalue weighted by atomic mass is 10.1. The first-order valence-electron chi connectivity index (χ1n) is 6.13. The highest BCUT2D eigenvalue weighted by atomic mass is 32.1. The van der Waals surface area contributed by atoms with E-state index in [0.29, 0.717) is 22.9 Å². The Kier molecular flexibility index (Phi) is 3.26. The molecule has 1 N–H and O–H groups in total. The number of hydrogen-bond donors (Lipinski definition) is 1. The number of carboxylic acids is 1. The number of carbonyl (C=O) groups is 2. The highest BCUT2D eigenvalue weighted by Crippen LogP contribution is 2.32. The first-order valence-corrected chi connectivity index (χ1v) is 6.95. The predicted molar refractivity (Wildman–Crippen MR) is 75.0 cm³/mol. The van der Waals surface area contributed by atoms with Crippen molar-refractivity contribution in [2.24, 2.45) is 5.92 Å².